The van der Waals surface area contributed by atoms with Crippen molar-refractivity contribution in [2.75, 3.05) is 11.9 Å². The van der Waals surface area contributed by atoms with Crippen molar-refractivity contribution in [3.63, 3.8) is 0 Å². The molecular weight excluding hydrogens is 310 g/mol. The molecule has 1 aliphatic rings. The quantitative estimate of drug-likeness (QED) is 0.863. The van der Waals surface area contributed by atoms with Gasteiger partial charge < -0.3 is 10.2 Å². The number of nitrogens with zero attached hydrogens (tertiary/aromatic N) is 2. The van der Waals surface area contributed by atoms with E-state index in [-0.39, 0.29) is 11.9 Å². The molecule has 0 aliphatic carbocycles. The van der Waals surface area contributed by atoms with Crippen LogP contribution in [0.15, 0.2) is 48.7 Å². The molecule has 3 rings (SSSR count). The summed E-state index contributed by atoms with van der Waals surface area (Å²) in [6.45, 7) is 5.12. The topological polar surface area (TPSA) is 45.2 Å². The molecule has 0 saturated carbocycles. The van der Waals surface area contributed by atoms with Crippen LogP contribution in [0.2, 0.25) is 0 Å². The molecule has 1 fully saturated rings. The van der Waals surface area contributed by atoms with E-state index >= 15 is 0 Å². The van der Waals surface area contributed by atoms with Crippen LogP contribution in [-0.2, 0) is 0 Å². The summed E-state index contributed by atoms with van der Waals surface area (Å²) in [4.78, 5) is 19.2. The zero-order valence-electron chi connectivity index (χ0n) is 15.1. The molecule has 1 N–H and O–H groups in total. The van der Waals surface area contributed by atoms with Crippen LogP contribution in [-0.4, -0.2) is 28.4 Å². The zero-order chi connectivity index (χ0) is 17.6. The largest absolute Gasteiger partial charge is 0.377 e. The molecule has 1 amide bonds. The first kappa shape index (κ1) is 17.5. The predicted octanol–water partition coefficient (Wildman–Crippen LogP) is 4.66. The number of anilines is 1. The first-order valence-corrected chi connectivity index (χ1v) is 9.27. The maximum absolute atomic E-state index is 12.8. The predicted molar refractivity (Wildman–Crippen MR) is 102 cm³/mol. The van der Waals surface area contributed by atoms with Crippen molar-refractivity contribution in [3.05, 3.63) is 59.9 Å². The van der Waals surface area contributed by atoms with Crippen LogP contribution in [0.25, 0.3) is 0 Å². The number of benzene rings is 1. The second-order valence-corrected chi connectivity index (χ2v) is 6.77. The molecule has 2 heterocycles. The second kappa shape index (κ2) is 8.15. The van der Waals surface area contributed by atoms with Crippen LogP contribution in [0.1, 0.15) is 61.6 Å². The number of hydrogen-bond acceptors (Lipinski definition) is 3. The molecule has 2 unspecified atom stereocenters. The monoisotopic (exact) mass is 337 g/mol. The van der Waals surface area contributed by atoms with Gasteiger partial charge in [-0.2, -0.15) is 0 Å². The molecule has 0 bridgehead atoms. The van der Waals surface area contributed by atoms with Gasteiger partial charge in [0.1, 0.15) is 5.69 Å². The molecular formula is C21H27N3O. The molecule has 1 aromatic heterocycles. The Morgan fingerprint density at radius 2 is 2.04 bits per heavy atom. The van der Waals surface area contributed by atoms with Crippen molar-refractivity contribution >= 4 is 11.6 Å². The van der Waals surface area contributed by atoms with Crippen LogP contribution >= 0.6 is 0 Å². The van der Waals surface area contributed by atoms with Gasteiger partial charge in [0.25, 0.3) is 5.91 Å². The maximum Gasteiger partial charge on any atom is 0.272 e. The highest BCUT2D eigenvalue weighted by molar-refractivity contribution is 5.92. The lowest BCUT2D eigenvalue weighted by atomic mass is 9.99. The summed E-state index contributed by atoms with van der Waals surface area (Å²) < 4.78 is 0. The van der Waals surface area contributed by atoms with E-state index in [1.54, 1.807) is 6.20 Å². The number of pyridine rings is 1. The normalized spacial score (nSPS) is 18.6. The van der Waals surface area contributed by atoms with E-state index in [0.29, 0.717) is 11.7 Å². The van der Waals surface area contributed by atoms with Crippen molar-refractivity contribution in [2.24, 2.45) is 0 Å². The summed E-state index contributed by atoms with van der Waals surface area (Å²) in [6.07, 6.45) is 6.19. The van der Waals surface area contributed by atoms with Gasteiger partial charge in [-0.3, -0.25) is 4.79 Å². The number of hydrogen-bond donors (Lipinski definition) is 1. The summed E-state index contributed by atoms with van der Waals surface area (Å²) >= 11 is 0. The third kappa shape index (κ3) is 4.19. The van der Waals surface area contributed by atoms with Gasteiger partial charge in [0.2, 0.25) is 0 Å². The molecule has 1 aromatic carbocycles. The van der Waals surface area contributed by atoms with Crippen LogP contribution in [0.4, 0.5) is 5.69 Å². The van der Waals surface area contributed by atoms with Crippen molar-refractivity contribution in [1.82, 2.24) is 9.88 Å². The summed E-state index contributed by atoms with van der Waals surface area (Å²) in [7, 11) is 0. The van der Waals surface area contributed by atoms with Crippen LogP contribution < -0.4 is 5.32 Å². The van der Waals surface area contributed by atoms with E-state index in [9.17, 15) is 4.79 Å². The number of carbonyl (C=O) groups is 1. The summed E-state index contributed by atoms with van der Waals surface area (Å²) in [6, 6.07) is 14.6. The van der Waals surface area contributed by atoms with Gasteiger partial charge in [-0.05, 0) is 50.3 Å². The molecule has 2 aromatic rings. The number of rotatable bonds is 5. The lowest BCUT2D eigenvalue weighted by Gasteiger charge is -2.35. The van der Waals surface area contributed by atoms with Crippen LogP contribution in [0.3, 0.4) is 0 Å². The molecule has 4 heteroatoms. The average Bonchev–Trinajstić information content (AvgIpc) is 2.68. The van der Waals surface area contributed by atoms with Gasteiger partial charge in [0, 0.05) is 18.6 Å². The van der Waals surface area contributed by atoms with Crippen molar-refractivity contribution in [2.45, 2.75) is 51.6 Å². The van der Waals surface area contributed by atoms with Crippen molar-refractivity contribution in [3.8, 4) is 0 Å². The standard InChI is InChI=1S/C21H27N3O/c1-3-19-11-7-8-14-24(19)21(25)20-13-12-18(15-22-20)23-16(2)17-9-5-4-6-10-17/h4-6,9-10,12-13,15-16,19,23H,3,7-8,11,14H2,1-2H3. The van der Waals surface area contributed by atoms with Gasteiger partial charge >= 0.3 is 0 Å². The molecule has 25 heavy (non-hydrogen) atoms. The molecule has 1 saturated heterocycles. The van der Waals surface area contributed by atoms with E-state index in [2.05, 4.69) is 36.3 Å². The maximum atomic E-state index is 12.8. The minimum atomic E-state index is 0.0641. The number of likely N-dealkylation sites (tertiary alicyclic amines) is 1. The summed E-state index contributed by atoms with van der Waals surface area (Å²) in [5.74, 6) is 0.0641. The minimum Gasteiger partial charge on any atom is -0.377 e. The Morgan fingerprint density at radius 1 is 1.24 bits per heavy atom. The lowest BCUT2D eigenvalue weighted by Crippen LogP contribution is -2.43. The molecule has 0 radical (unpaired) electrons. The van der Waals surface area contributed by atoms with Crippen LogP contribution in [0.5, 0.6) is 0 Å². The van der Waals surface area contributed by atoms with E-state index in [4.69, 9.17) is 0 Å². The Kier molecular flexibility index (Phi) is 5.69. The third-order valence-corrected chi connectivity index (χ3v) is 5.02. The number of aromatic nitrogens is 1. The minimum absolute atomic E-state index is 0.0641. The fourth-order valence-electron chi connectivity index (χ4n) is 3.52. The molecule has 4 nitrogen and oxygen atoms in total. The van der Waals surface area contributed by atoms with E-state index in [1.807, 2.05) is 35.2 Å². The van der Waals surface area contributed by atoms with E-state index in [1.165, 1.54) is 12.0 Å². The highest BCUT2D eigenvalue weighted by Gasteiger charge is 2.26. The van der Waals surface area contributed by atoms with Gasteiger partial charge in [-0.15, -0.1) is 0 Å². The molecule has 2 atom stereocenters. The Morgan fingerprint density at radius 3 is 2.72 bits per heavy atom. The SMILES string of the molecule is CCC1CCCCN1C(=O)c1ccc(NC(C)c2ccccc2)cn1. The Balaban J connectivity index is 1.66. The Labute approximate surface area is 150 Å². The van der Waals surface area contributed by atoms with Gasteiger partial charge in [0.05, 0.1) is 11.9 Å². The van der Waals surface area contributed by atoms with Gasteiger partial charge in [0.15, 0.2) is 0 Å². The fraction of sp³-hybridized carbons (Fsp3) is 0.429. The zero-order valence-corrected chi connectivity index (χ0v) is 15.1. The summed E-state index contributed by atoms with van der Waals surface area (Å²) in [5.41, 5.74) is 2.69. The molecule has 132 valence electrons. The molecule has 0 spiro atoms. The average molecular weight is 337 g/mol. The summed E-state index contributed by atoms with van der Waals surface area (Å²) in [5, 5.41) is 3.44. The van der Waals surface area contributed by atoms with Gasteiger partial charge in [-0.1, -0.05) is 37.3 Å². The van der Waals surface area contributed by atoms with E-state index < -0.39 is 0 Å². The highest BCUT2D eigenvalue weighted by atomic mass is 16.2. The van der Waals surface area contributed by atoms with Crippen LogP contribution in [0, 0.1) is 0 Å². The smallest absolute Gasteiger partial charge is 0.272 e. The lowest BCUT2D eigenvalue weighted by molar-refractivity contribution is 0.0602. The number of nitrogens with one attached hydrogen (secondary N) is 1. The number of amides is 1. The first-order chi connectivity index (χ1) is 12.2. The third-order valence-electron chi connectivity index (χ3n) is 5.02. The van der Waals surface area contributed by atoms with Crippen molar-refractivity contribution in [1.29, 1.82) is 0 Å². The second-order valence-electron chi connectivity index (χ2n) is 6.77. The Bertz CT molecular complexity index is 684. The highest BCUT2D eigenvalue weighted by Crippen LogP contribution is 2.22. The Hall–Kier alpha value is -2.36. The first-order valence-electron chi connectivity index (χ1n) is 9.27. The van der Waals surface area contributed by atoms with E-state index in [0.717, 1.165) is 31.5 Å². The number of piperidine rings is 1. The fourth-order valence-corrected chi connectivity index (χ4v) is 3.52. The van der Waals surface area contributed by atoms with Crippen molar-refractivity contribution < 1.29 is 4.79 Å². The number of carbonyl (C=O) groups excluding carboxylic acids is 1. The molecule has 1 aliphatic heterocycles. The van der Waals surface area contributed by atoms with Gasteiger partial charge in [-0.25, -0.2) is 4.98 Å².